The standard InChI is InChI=1S/C23H23N5O3S/c1-16-10-11-20(31-3)18(14-16)24-21-22(29)28(27-12-6-7-13-27)23(26-25-21)32-15-17-8-4-5-9-19(17)30-2/h4-14H,15H2,1-3H3,(H,24,25). The molecule has 0 unspecified atom stereocenters. The number of aromatic nitrogens is 4. The molecule has 4 rings (SSSR count). The van der Waals surface area contributed by atoms with Gasteiger partial charge in [-0.1, -0.05) is 36.0 Å². The average Bonchev–Trinajstić information content (AvgIpc) is 3.34. The number of aryl methyl sites for hydroxylation is 1. The first-order valence-electron chi connectivity index (χ1n) is 9.90. The summed E-state index contributed by atoms with van der Waals surface area (Å²) in [6.07, 6.45) is 3.57. The third-order valence-corrected chi connectivity index (χ3v) is 5.76. The third-order valence-electron chi connectivity index (χ3n) is 4.79. The van der Waals surface area contributed by atoms with Gasteiger partial charge in [0.1, 0.15) is 11.5 Å². The molecule has 4 aromatic rings. The summed E-state index contributed by atoms with van der Waals surface area (Å²) in [6, 6.07) is 17.1. The SMILES string of the molecule is COc1ccccc1CSc1nnc(Nc2cc(C)ccc2OC)c(=O)n1-n1cccc1. The Morgan fingerprint density at radius 3 is 2.47 bits per heavy atom. The summed E-state index contributed by atoms with van der Waals surface area (Å²) in [4.78, 5) is 13.4. The van der Waals surface area contributed by atoms with E-state index in [1.54, 1.807) is 31.3 Å². The highest BCUT2D eigenvalue weighted by molar-refractivity contribution is 7.98. The number of nitrogens with zero attached hydrogens (tertiary/aromatic N) is 4. The molecule has 0 bridgehead atoms. The lowest BCUT2D eigenvalue weighted by Gasteiger charge is -2.15. The zero-order chi connectivity index (χ0) is 22.5. The van der Waals surface area contributed by atoms with Crippen molar-refractivity contribution in [2.45, 2.75) is 17.8 Å². The summed E-state index contributed by atoms with van der Waals surface area (Å²) in [6.45, 7) is 1.96. The smallest absolute Gasteiger partial charge is 0.316 e. The Balaban J connectivity index is 1.71. The van der Waals surface area contributed by atoms with E-state index < -0.39 is 0 Å². The van der Waals surface area contributed by atoms with Crippen molar-refractivity contribution in [3.05, 3.63) is 88.5 Å². The van der Waals surface area contributed by atoms with Crippen molar-refractivity contribution in [3.8, 4) is 11.5 Å². The molecule has 0 fully saturated rings. The second-order valence-electron chi connectivity index (χ2n) is 6.94. The number of anilines is 2. The molecule has 8 nitrogen and oxygen atoms in total. The first-order valence-corrected chi connectivity index (χ1v) is 10.9. The topological polar surface area (TPSA) is 83.2 Å². The normalized spacial score (nSPS) is 10.7. The van der Waals surface area contributed by atoms with E-state index in [1.165, 1.54) is 16.4 Å². The van der Waals surface area contributed by atoms with Crippen molar-refractivity contribution < 1.29 is 9.47 Å². The molecule has 1 N–H and O–H groups in total. The van der Waals surface area contributed by atoms with E-state index in [-0.39, 0.29) is 11.4 Å². The summed E-state index contributed by atoms with van der Waals surface area (Å²) in [5.41, 5.74) is 2.34. The number of hydrogen-bond acceptors (Lipinski definition) is 7. The number of ether oxygens (including phenoxy) is 2. The van der Waals surface area contributed by atoms with Gasteiger partial charge in [0.2, 0.25) is 11.0 Å². The van der Waals surface area contributed by atoms with Crippen molar-refractivity contribution in [3.63, 3.8) is 0 Å². The number of thioether (sulfide) groups is 1. The van der Waals surface area contributed by atoms with Crippen molar-refractivity contribution >= 4 is 23.3 Å². The largest absolute Gasteiger partial charge is 0.496 e. The number of para-hydroxylation sites is 1. The van der Waals surface area contributed by atoms with Crippen LogP contribution < -0.4 is 20.3 Å². The van der Waals surface area contributed by atoms with E-state index in [2.05, 4.69) is 15.5 Å². The number of hydrogen-bond donors (Lipinski definition) is 1. The van der Waals surface area contributed by atoms with Crippen LogP contribution in [-0.2, 0) is 5.75 Å². The lowest BCUT2D eigenvalue weighted by Crippen LogP contribution is -2.30. The predicted octanol–water partition coefficient (Wildman–Crippen LogP) is 4.11. The second kappa shape index (κ2) is 9.61. The molecule has 32 heavy (non-hydrogen) atoms. The van der Waals surface area contributed by atoms with E-state index in [0.717, 1.165) is 16.9 Å². The summed E-state index contributed by atoms with van der Waals surface area (Å²) < 4.78 is 14.0. The Bertz CT molecular complexity index is 1270. The maximum atomic E-state index is 13.4. The maximum absolute atomic E-state index is 13.4. The van der Waals surface area contributed by atoms with Crippen molar-refractivity contribution in [1.82, 2.24) is 19.5 Å². The van der Waals surface area contributed by atoms with Crippen LogP contribution in [0.1, 0.15) is 11.1 Å². The van der Waals surface area contributed by atoms with Crippen LogP contribution in [0.15, 0.2) is 76.9 Å². The fraction of sp³-hybridized carbons (Fsp3) is 0.174. The van der Waals surface area contributed by atoms with Crippen LogP contribution in [0.4, 0.5) is 11.5 Å². The zero-order valence-corrected chi connectivity index (χ0v) is 18.8. The Morgan fingerprint density at radius 1 is 0.969 bits per heavy atom. The van der Waals surface area contributed by atoms with Gasteiger partial charge in [0.15, 0.2) is 0 Å². The molecule has 0 saturated carbocycles. The molecule has 2 aromatic carbocycles. The van der Waals surface area contributed by atoms with E-state index in [9.17, 15) is 4.79 Å². The predicted molar refractivity (Wildman–Crippen MR) is 125 cm³/mol. The van der Waals surface area contributed by atoms with Gasteiger partial charge in [-0.3, -0.25) is 9.47 Å². The number of methoxy groups -OCH3 is 2. The van der Waals surface area contributed by atoms with Gasteiger partial charge < -0.3 is 14.8 Å². The Kier molecular flexibility index (Phi) is 6.46. The van der Waals surface area contributed by atoms with Crippen molar-refractivity contribution in [1.29, 1.82) is 0 Å². The van der Waals surface area contributed by atoms with E-state index in [4.69, 9.17) is 9.47 Å². The van der Waals surface area contributed by atoms with Crippen LogP contribution in [0, 0.1) is 6.92 Å². The first-order chi connectivity index (χ1) is 15.6. The summed E-state index contributed by atoms with van der Waals surface area (Å²) in [5, 5.41) is 12.1. The molecular weight excluding hydrogens is 426 g/mol. The van der Waals surface area contributed by atoms with Crippen molar-refractivity contribution in [2.75, 3.05) is 19.5 Å². The Hall–Kier alpha value is -3.72. The molecular formula is C23H23N5O3S. The van der Waals surface area contributed by atoms with E-state index in [1.807, 2.05) is 61.5 Å². The minimum Gasteiger partial charge on any atom is -0.496 e. The molecule has 9 heteroatoms. The molecule has 2 heterocycles. The molecule has 164 valence electrons. The summed E-state index contributed by atoms with van der Waals surface area (Å²) in [5.74, 6) is 2.06. The van der Waals surface area contributed by atoms with Gasteiger partial charge in [-0.2, -0.15) is 4.68 Å². The van der Waals surface area contributed by atoms with Gasteiger partial charge in [-0.25, -0.2) is 0 Å². The quantitative estimate of drug-likeness (QED) is 0.405. The first kappa shape index (κ1) is 21.5. The van der Waals surface area contributed by atoms with Crippen LogP contribution in [-0.4, -0.2) is 33.8 Å². The van der Waals surface area contributed by atoms with Gasteiger partial charge in [-0.15, -0.1) is 10.2 Å². The summed E-state index contributed by atoms with van der Waals surface area (Å²) in [7, 11) is 3.22. The highest BCUT2D eigenvalue weighted by Gasteiger charge is 2.16. The molecule has 0 aliphatic heterocycles. The van der Waals surface area contributed by atoms with E-state index >= 15 is 0 Å². The summed E-state index contributed by atoms with van der Waals surface area (Å²) >= 11 is 1.40. The van der Waals surface area contributed by atoms with Crippen LogP contribution in [0.3, 0.4) is 0 Å². The van der Waals surface area contributed by atoms with Gasteiger partial charge in [-0.05, 0) is 42.8 Å². The molecule has 0 spiro atoms. The number of rotatable bonds is 8. The lowest BCUT2D eigenvalue weighted by atomic mass is 10.2. The molecule has 0 atom stereocenters. The molecule has 0 radical (unpaired) electrons. The molecule has 0 aliphatic carbocycles. The molecule has 2 aromatic heterocycles. The Morgan fingerprint density at radius 2 is 1.72 bits per heavy atom. The van der Waals surface area contributed by atoms with Crippen molar-refractivity contribution in [2.24, 2.45) is 0 Å². The maximum Gasteiger partial charge on any atom is 0.316 e. The fourth-order valence-electron chi connectivity index (χ4n) is 3.21. The highest BCUT2D eigenvalue weighted by atomic mass is 32.2. The minimum absolute atomic E-state index is 0.101. The van der Waals surface area contributed by atoms with Crippen LogP contribution in [0.2, 0.25) is 0 Å². The monoisotopic (exact) mass is 449 g/mol. The Labute approximate surface area is 189 Å². The lowest BCUT2D eigenvalue weighted by molar-refractivity contribution is 0.411. The number of benzene rings is 2. The van der Waals surface area contributed by atoms with Gasteiger partial charge in [0.25, 0.3) is 0 Å². The van der Waals surface area contributed by atoms with Crippen LogP contribution in [0.25, 0.3) is 0 Å². The fourth-order valence-corrected chi connectivity index (χ4v) is 4.13. The minimum atomic E-state index is -0.331. The molecule has 0 amide bonds. The van der Waals surface area contributed by atoms with Crippen LogP contribution in [0.5, 0.6) is 11.5 Å². The van der Waals surface area contributed by atoms with Gasteiger partial charge in [0, 0.05) is 23.7 Å². The zero-order valence-electron chi connectivity index (χ0n) is 18.0. The van der Waals surface area contributed by atoms with Crippen LogP contribution >= 0.6 is 11.8 Å². The molecule has 0 saturated heterocycles. The molecule has 0 aliphatic rings. The van der Waals surface area contributed by atoms with E-state index in [0.29, 0.717) is 22.3 Å². The average molecular weight is 450 g/mol. The third kappa shape index (κ3) is 4.47. The highest BCUT2D eigenvalue weighted by Crippen LogP contribution is 2.28. The van der Waals surface area contributed by atoms with Gasteiger partial charge >= 0.3 is 5.56 Å². The number of nitrogens with one attached hydrogen (secondary N) is 1. The second-order valence-corrected chi connectivity index (χ2v) is 7.88. The van der Waals surface area contributed by atoms with Gasteiger partial charge in [0.05, 0.1) is 19.9 Å².